The molecule has 0 amide bonds. The minimum absolute atomic E-state index is 0.369. The number of hydrogen-bond donors (Lipinski definition) is 2. The van der Waals surface area contributed by atoms with Crippen LogP contribution in [0.25, 0.3) is 0 Å². The second-order valence-electron chi connectivity index (χ2n) is 1.92. The third-order valence-corrected chi connectivity index (χ3v) is 1.84. The standard InChI is InChI=1S/C6H7Cl3N2OS/c1-10-5(13)11-3-2-4(12)6(7,8)9/h2-3H,1H3,(H2,10,11,13)/b3-2+. The molecule has 74 valence electrons. The van der Waals surface area contributed by atoms with Gasteiger partial charge >= 0.3 is 0 Å². The zero-order chi connectivity index (χ0) is 10.5. The van der Waals surface area contributed by atoms with E-state index in [4.69, 9.17) is 47.0 Å². The van der Waals surface area contributed by atoms with Gasteiger partial charge in [0, 0.05) is 19.3 Å². The van der Waals surface area contributed by atoms with Gasteiger partial charge in [-0.15, -0.1) is 0 Å². The Kier molecular flexibility index (Phi) is 5.64. The molecule has 0 unspecified atom stereocenters. The molecular weight excluding hydrogens is 255 g/mol. The third-order valence-electron chi connectivity index (χ3n) is 0.956. The van der Waals surface area contributed by atoms with Crippen molar-refractivity contribution in [3.8, 4) is 0 Å². The van der Waals surface area contributed by atoms with Crippen molar-refractivity contribution in [3.05, 3.63) is 12.3 Å². The Labute approximate surface area is 96.4 Å². The normalized spacial score (nSPS) is 11.4. The molecule has 0 aromatic heterocycles. The molecule has 0 aromatic rings. The zero-order valence-electron chi connectivity index (χ0n) is 6.61. The molecule has 0 fully saturated rings. The lowest BCUT2D eigenvalue weighted by Gasteiger charge is -2.05. The van der Waals surface area contributed by atoms with Crippen molar-refractivity contribution in [2.45, 2.75) is 3.79 Å². The SMILES string of the molecule is CNC(=S)N/C=C/C(=O)C(Cl)(Cl)Cl. The number of alkyl halides is 3. The second kappa shape index (κ2) is 5.65. The molecule has 0 aliphatic heterocycles. The minimum atomic E-state index is -1.92. The van der Waals surface area contributed by atoms with Crippen LogP contribution in [0, 0.1) is 0 Å². The summed E-state index contributed by atoms with van der Waals surface area (Å²) < 4.78 is -1.92. The zero-order valence-corrected chi connectivity index (χ0v) is 9.69. The molecule has 0 aliphatic carbocycles. The van der Waals surface area contributed by atoms with E-state index in [0.717, 1.165) is 6.08 Å². The van der Waals surface area contributed by atoms with Crippen LogP contribution in [0.1, 0.15) is 0 Å². The number of rotatable bonds is 2. The second-order valence-corrected chi connectivity index (χ2v) is 4.61. The molecule has 0 spiro atoms. The Balaban J connectivity index is 4.00. The average molecular weight is 262 g/mol. The fourth-order valence-electron chi connectivity index (χ4n) is 0.360. The summed E-state index contributed by atoms with van der Waals surface area (Å²) in [7, 11) is 1.64. The highest BCUT2D eigenvalue weighted by Gasteiger charge is 2.27. The lowest BCUT2D eigenvalue weighted by atomic mass is 10.4. The molecular formula is C6H7Cl3N2OS. The van der Waals surface area contributed by atoms with Gasteiger partial charge in [0.15, 0.2) is 5.11 Å². The van der Waals surface area contributed by atoms with Crippen LogP contribution in [-0.2, 0) is 4.79 Å². The summed E-state index contributed by atoms with van der Waals surface area (Å²) in [6.07, 6.45) is 2.39. The Morgan fingerprint density at radius 3 is 2.38 bits per heavy atom. The van der Waals surface area contributed by atoms with Crippen molar-refractivity contribution < 1.29 is 4.79 Å². The maximum Gasteiger partial charge on any atom is 0.252 e. The Bertz CT molecular complexity index is 237. The van der Waals surface area contributed by atoms with Gasteiger partial charge in [-0.05, 0) is 12.2 Å². The molecule has 0 rings (SSSR count). The quantitative estimate of drug-likeness (QED) is 0.449. The first kappa shape index (κ1) is 13.0. The summed E-state index contributed by atoms with van der Waals surface area (Å²) in [5.41, 5.74) is 0. The first-order valence-electron chi connectivity index (χ1n) is 3.14. The molecule has 0 saturated carbocycles. The molecule has 0 saturated heterocycles. The number of nitrogens with one attached hydrogen (secondary N) is 2. The number of halogens is 3. The van der Waals surface area contributed by atoms with Gasteiger partial charge in [0.1, 0.15) is 0 Å². The van der Waals surface area contributed by atoms with Gasteiger partial charge < -0.3 is 10.6 Å². The molecule has 13 heavy (non-hydrogen) atoms. The molecule has 0 atom stereocenters. The molecule has 0 aliphatic rings. The highest BCUT2D eigenvalue weighted by Crippen LogP contribution is 2.27. The van der Waals surface area contributed by atoms with Crippen LogP contribution in [0.4, 0.5) is 0 Å². The Morgan fingerprint density at radius 1 is 1.46 bits per heavy atom. The Hall–Kier alpha value is -0.0300. The molecule has 7 heteroatoms. The van der Waals surface area contributed by atoms with E-state index in [2.05, 4.69) is 10.6 Å². The van der Waals surface area contributed by atoms with Crippen LogP contribution < -0.4 is 10.6 Å². The number of allylic oxidation sites excluding steroid dienone is 1. The van der Waals surface area contributed by atoms with Gasteiger partial charge in [0.05, 0.1) is 0 Å². The number of ketones is 1. The van der Waals surface area contributed by atoms with Gasteiger partial charge in [-0.3, -0.25) is 4.79 Å². The highest BCUT2D eigenvalue weighted by molar-refractivity contribution is 7.80. The van der Waals surface area contributed by atoms with E-state index in [0.29, 0.717) is 5.11 Å². The van der Waals surface area contributed by atoms with Crippen molar-refractivity contribution in [2.75, 3.05) is 7.05 Å². The molecule has 0 aromatic carbocycles. The van der Waals surface area contributed by atoms with Crippen molar-refractivity contribution in [2.24, 2.45) is 0 Å². The number of carbonyl (C=O) groups is 1. The maximum absolute atomic E-state index is 10.9. The van der Waals surface area contributed by atoms with E-state index >= 15 is 0 Å². The summed E-state index contributed by atoms with van der Waals surface area (Å²) >= 11 is 20.6. The summed E-state index contributed by atoms with van der Waals surface area (Å²) in [6, 6.07) is 0. The van der Waals surface area contributed by atoms with E-state index < -0.39 is 9.58 Å². The fraction of sp³-hybridized carbons (Fsp3) is 0.333. The first-order chi connectivity index (χ1) is 5.88. The van der Waals surface area contributed by atoms with Gasteiger partial charge in [0.25, 0.3) is 3.79 Å². The predicted octanol–water partition coefficient (Wildman–Crippen LogP) is 1.53. The topological polar surface area (TPSA) is 41.1 Å². The monoisotopic (exact) mass is 260 g/mol. The summed E-state index contributed by atoms with van der Waals surface area (Å²) in [5, 5.41) is 5.58. The van der Waals surface area contributed by atoms with Crippen molar-refractivity contribution in [1.29, 1.82) is 0 Å². The van der Waals surface area contributed by atoms with E-state index in [-0.39, 0.29) is 0 Å². The van der Waals surface area contributed by atoms with Gasteiger partial charge in [-0.2, -0.15) is 0 Å². The lowest BCUT2D eigenvalue weighted by molar-refractivity contribution is -0.113. The van der Waals surface area contributed by atoms with Crippen molar-refractivity contribution >= 4 is 57.9 Å². The smallest absolute Gasteiger partial charge is 0.252 e. The molecule has 0 heterocycles. The lowest BCUT2D eigenvalue weighted by Crippen LogP contribution is -2.28. The number of thiocarbonyl (C=S) groups is 1. The van der Waals surface area contributed by atoms with Crippen LogP contribution in [0.5, 0.6) is 0 Å². The average Bonchev–Trinajstić information content (AvgIpc) is 2.02. The van der Waals surface area contributed by atoms with Gasteiger partial charge in [-0.25, -0.2) is 0 Å². The molecule has 0 radical (unpaired) electrons. The van der Waals surface area contributed by atoms with E-state index in [1.807, 2.05) is 0 Å². The third kappa shape index (κ3) is 6.10. The van der Waals surface area contributed by atoms with E-state index in [9.17, 15) is 4.79 Å². The van der Waals surface area contributed by atoms with Crippen molar-refractivity contribution in [3.63, 3.8) is 0 Å². The molecule has 0 bridgehead atoms. The molecule has 3 nitrogen and oxygen atoms in total. The minimum Gasteiger partial charge on any atom is -0.366 e. The number of hydrogen-bond acceptors (Lipinski definition) is 2. The van der Waals surface area contributed by atoms with Crippen LogP contribution >= 0.6 is 47.0 Å². The summed E-state index contributed by atoms with van der Waals surface area (Å²) in [6.45, 7) is 0. The predicted molar refractivity (Wildman–Crippen MR) is 59.2 cm³/mol. The maximum atomic E-state index is 10.9. The van der Waals surface area contributed by atoms with Crippen molar-refractivity contribution in [1.82, 2.24) is 10.6 Å². The fourth-order valence-corrected chi connectivity index (χ4v) is 0.617. The van der Waals surface area contributed by atoms with Gasteiger partial charge in [0.2, 0.25) is 5.78 Å². The Morgan fingerprint density at radius 2 is 2.00 bits per heavy atom. The summed E-state index contributed by atoms with van der Waals surface area (Å²) in [4.78, 5) is 10.9. The highest BCUT2D eigenvalue weighted by atomic mass is 35.6. The van der Waals surface area contributed by atoms with Gasteiger partial charge in [-0.1, -0.05) is 34.8 Å². The number of carbonyl (C=O) groups excluding carboxylic acids is 1. The summed E-state index contributed by atoms with van der Waals surface area (Å²) in [5.74, 6) is -0.635. The van der Waals surface area contributed by atoms with Crippen LogP contribution in [-0.4, -0.2) is 21.7 Å². The molecule has 2 N–H and O–H groups in total. The van der Waals surface area contributed by atoms with Crippen LogP contribution in [0.15, 0.2) is 12.3 Å². The van der Waals surface area contributed by atoms with Crippen LogP contribution in [0.2, 0.25) is 0 Å². The van der Waals surface area contributed by atoms with E-state index in [1.54, 1.807) is 7.05 Å². The van der Waals surface area contributed by atoms with E-state index in [1.165, 1.54) is 6.20 Å². The first-order valence-corrected chi connectivity index (χ1v) is 4.68. The largest absolute Gasteiger partial charge is 0.366 e. The van der Waals surface area contributed by atoms with Crippen LogP contribution in [0.3, 0.4) is 0 Å².